The lowest BCUT2D eigenvalue weighted by atomic mass is 9.95. The van der Waals surface area contributed by atoms with Crippen LogP contribution in [0.4, 0.5) is 0 Å². The molecule has 26 heavy (non-hydrogen) atoms. The van der Waals surface area contributed by atoms with E-state index in [1.54, 1.807) is 24.3 Å². The second-order valence-corrected chi connectivity index (χ2v) is 9.21. The Bertz CT molecular complexity index is 694. The lowest BCUT2D eigenvalue weighted by Gasteiger charge is -2.37. The first-order valence-corrected chi connectivity index (χ1v) is 11.0. The zero-order valence-electron chi connectivity index (χ0n) is 15.4. The van der Waals surface area contributed by atoms with Gasteiger partial charge in [0.05, 0.1) is 10.9 Å². The zero-order chi connectivity index (χ0) is 18.6. The fourth-order valence-corrected chi connectivity index (χ4v) is 5.25. The molecule has 1 saturated carbocycles. The Kier molecular flexibility index (Phi) is 6.32. The number of nitrogens with zero attached hydrogens (tertiary/aromatic N) is 2. The molecule has 3 rings (SSSR count). The fraction of sp³-hybridized carbons (Fsp3) is 0.632. The molecule has 1 atom stereocenters. The molecular formula is C19H29N3O3S. The molecule has 1 aromatic rings. The van der Waals surface area contributed by atoms with E-state index in [1.165, 1.54) is 23.6 Å². The highest BCUT2D eigenvalue weighted by Gasteiger charge is 2.32. The maximum Gasteiger partial charge on any atom is 0.243 e. The van der Waals surface area contributed by atoms with Crippen LogP contribution in [0.2, 0.25) is 0 Å². The molecule has 2 fully saturated rings. The molecule has 1 heterocycles. The van der Waals surface area contributed by atoms with E-state index in [9.17, 15) is 13.2 Å². The van der Waals surface area contributed by atoms with Gasteiger partial charge >= 0.3 is 0 Å². The smallest absolute Gasteiger partial charge is 0.243 e. The summed E-state index contributed by atoms with van der Waals surface area (Å²) in [6.45, 7) is 3.90. The molecule has 7 heteroatoms. The maximum absolute atomic E-state index is 12.7. The average Bonchev–Trinajstić information content (AvgIpc) is 2.69. The van der Waals surface area contributed by atoms with Crippen molar-refractivity contribution in [1.29, 1.82) is 0 Å². The molecule has 0 bridgehead atoms. The first-order valence-electron chi connectivity index (χ1n) is 9.58. The number of hydrogen-bond acceptors (Lipinski definition) is 4. The van der Waals surface area contributed by atoms with Gasteiger partial charge in [-0.3, -0.25) is 9.69 Å². The van der Waals surface area contributed by atoms with Crippen LogP contribution in [0.3, 0.4) is 0 Å². The third-order valence-corrected chi connectivity index (χ3v) is 7.45. The van der Waals surface area contributed by atoms with Crippen LogP contribution in [0.1, 0.15) is 39.0 Å². The molecule has 0 radical (unpaired) electrons. The summed E-state index contributed by atoms with van der Waals surface area (Å²) in [4.78, 5) is 14.9. The maximum atomic E-state index is 12.7. The van der Waals surface area contributed by atoms with Gasteiger partial charge in [-0.05, 0) is 31.9 Å². The van der Waals surface area contributed by atoms with Crippen molar-refractivity contribution < 1.29 is 13.2 Å². The Balaban J connectivity index is 1.53. The van der Waals surface area contributed by atoms with Gasteiger partial charge in [0.25, 0.3) is 0 Å². The van der Waals surface area contributed by atoms with Crippen LogP contribution in [0.15, 0.2) is 35.2 Å². The molecule has 1 amide bonds. The van der Waals surface area contributed by atoms with Crippen LogP contribution in [-0.2, 0) is 14.8 Å². The second-order valence-electron chi connectivity index (χ2n) is 7.27. The van der Waals surface area contributed by atoms with Crippen molar-refractivity contribution in [3.63, 3.8) is 0 Å². The predicted octanol–water partition coefficient (Wildman–Crippen LogP) is 1.83. The molecule has 1 aliphatic carbocycles. The van der Waals surface area contributed by atoms with E-state index < -0.39 is 10.0 Å². The van der Waals surface area contributed by atoms with Gasteiger partial charge in [0.1, 0.15) is 0 Å². The van der Waals surface area contributed by atoms with Gasteiger partial charge in [-0.2, -0.15) is 4.31 Å². The standard InChI is InChI=1S/C19H29N3O3S/c1-16(19(23)20-17-8-4-2-5-9-17)21-12-14-22(15-13-21)26(24,25)18-10-6-3-7-11-18/h3,6-7,10-11,16-17H,2,4-5,8-9,12-15H2,1H3,(H,20,23)/t16-/m0/s1. The monoisotopic (exact) mass is 379 g/mol. The van der Waals surface area contributed by atoms with E-state index in [4.69, 9.17) is 0 Å². The summed E-state index contributed by atoms with van der Waals surface area (Å²) in [5.74, 6) is 0.0660. The molecule has 2 aliphatic rings. The third-order valence-electron chi connectivity index (χ3n) is 5.53. The summed E-state index contributed by atoms with van der Waals surface area (Å²) in [6, 6.07) is 8.62. The number of amides is 1. The van der Waals surface area contributed by atoms with E-state index in [1.807, 2.05) is 13.0 Å². The van der Waals surface area contributed by atoms with Gasteiger partial charge in [-0.1, -0.05) is 37.5 Å². The van der Waals surface area contributed by atoms with Gasteiger partial charge in [0.15, 0.2) is 0 Å². The van der Waals surface area contributed by atoms with E-state index >= 15 is 0 Å². The lowest BCUT2D eigenvalue weighted by Crippen LogP contribution is -2.55. The fourth-order valence-electron chi connectivity index (χ4n) is 3.81. The molecule has 0 aromatic heterocycles. The summed E-state index contributed by atoms with van der Waals surface area (Å²) >= 11 is 0. The molecule has 1 N–H and O–H groups in total. The van der Waals surface area contributed by atoms with Crippen LogP contribution < -0.4 is 5.32 Å². The highest BCUT2D eigenvalue weighted by atomic mass is 32.2. The van der Waals surface area contributed by atoms with Crippen molar-refractivity contribution in [3.8, 4) is 0 Å². The molecule has 6 nitrogen and oxygen atoms in total. The van der Waals surface area contributed by atoms with Crippen molar-refractivity contribution in [1.82, 2.24) is 14.5 Å². The Labute approximate surface area is 156 Å². The van der Waals surface area contributed by atoms with Crippen LogP contribution in [-0.4, -0.2) is 61.8 Å². The van der Waals surface area contributed by atoms with Crippen LogP contribution in [0.25, 0.3) is 0 Å². The number of carbonyl (C=O) groups excluding carboxylic acids is 1. The first kappa shape index (κ1) is 19.3. The molecule has 0 unspecified atom stereocenters. The summed E-state index contributed by atoms with van der Waals surface area (Å²) in [7, 11) is -3.45. The molecule has 1 aliphatic heterocycles. The Morgan fingerprint density at radius 1 is 1.04 bits per heavy atom. The van der Waals surface area contributed by atoms with Gasteiger partial charge < -0.3 is 5.32 Å². The number of benzene rings is 1. The minimum atomic E-state index is -3.45. The van der Waals surface area contributed by atoms with Gasteiger partial charge in [-0.25, -0.2) is 8.42 Å². The lowest BCUT2D eigenvalue weighted by molar-refractivity contribution is -0.127. The topological polar surface area (TPSA) is 69.7 Å². The summed E-state index contributed by atoms with van der Waals surface area (Å²) in [6.07, 6.45) is 5.79. The van der Waals surface area contributed by atoms with Gasteiger partial charge in [-0.15, -0.1) is 0 Å². The SMILES string of the molecule is C[C@@H](C(=O)NC1CCCCC1)N1CCN(S(=O)(=O)c2ccccc2)CC1. The summed E-state index contributed by atoms with van der Waals surface area (Å²) in [5, 5.41) is 3.17. The first-order chi connectivity index (χ1) is 12.5. The molecular weight excluding hydrogens is 350 g/mol. The van der Waals surface area contributed by atoms with Crippen LogP contribution >= 0.6 is 0 Å². The van der Waals surface area contributed by atoms with Crippen molar-refractivity contribution in [2.45, 2.75) is 56.0 Å². The Morgan fingerprint density at radius 3 is 2.27 bits per heavy atom. The van der Waals surface area contributed by atoms with E-state index in [2.05, 4.69) is 10.2 Å². The minimum absolute atomic E-state index is 0.0660. The molecule has 1 saturated heterocycles. The third kappa shape index (κ3) is 4.45. The quantitative estimate of drug-likeness (QED) is 0.847. The van der Waals surface area contributed by atoms with Crippen LogP contribution in [0.5, 0.6) is 0 Å². The average molecular weight is 380 g/mol. The number of nitrogens with one attached hydrogen (secondary N) is 1. The summed E-state index contributed by atoms with van der Waals surface area (Å²) < 4.78 is 26.9. The van der Waals surface area contributed by atoms with Gasteiger partial charge in [0.2, 0.25) is 15.9 Å². The zero-order valence-corrected chi connectivity index (χ0v) is 16.2. The number of sulfonamides is 1. The van der Waals surface area contributed by atoms with E-state index in [0.717, 1.165) is 12.8 Å². The van der Waals surface area contributed by atoms with Crippen molar-refractivity contribution >= 4 is 15.9 Å². The number of carbonyl (C=O) groups is 1. The van der Waals surface area contributed by atoms with E-state index in [-0.39, 0.29) is 11.9 Å². The van der Waals surface area contributed by atoms with Crippen LogP contribution in [0, 0.1) is 0 Å². The predicted molar refractivity (Wildman–Crippen MR) is 101 cm³/mol. The second kappa shape index (κ2) is 8.50. The van der Waals surface area contributed by atoms with Gasteiger partial charge in [0, 0.05) is 32.2 Å². The number of rotatable bonds is 5. The summed E-state index contributed by atoms with van der Waals surface area (Å²) in [5.41, 5.74) is 0. The van der Waals surface area contributed by atoms with E-state index in [0.29, 0.717) is 37.1 Å². The van der Waals surface area contributed by atoms with Crippen molar-refractivity contribution in [2.24, 2.45) is 0 Å². The normalized spacial score (nSPS) is 22.0. The molecule has 144 valence electrons. The minimum Gasteiger partial charge on any atom is -0.352 e. The van der Waals surface area contributed by atoms with Crippen molar-refractivity contribution in [2.75, 3.05) is 26.2 Å². The highest BCUT2D eigenvalue weighted by molar-refractivity contribution is 7.89. The Hall–Kier alpha value is -1.44. The molecule has 1 aromatic carbocycles. The van der Waals surface area contributed by atoms with Crippen molar-refractivity contribution in [3.05, 3.63) is 30.3 Å². The molecule has 0 spiro atoms. The Morgan fingerprint density at radius 2 is 1.65 bits per heavy atom. The number of piperazine rings is 1. The number of hydrogen-bond donors (Lipinski definition) is 1. The largest absolute Gasteiger partial charge is 0.352 e. The highest BCUT2D eigenvalue weighted by Crippen LogP contribution is 2.19.